The number of aliphatic hydroxyl groups excluding tert-OH is 1. The fourth-order valence-electron chi connectivity index (χ4n) is 2.74. The third kappa shape index (κ3) is 4.42. The van der Waals surface area contributed by atoms with Crippen LogP contribution in [-0.2, 0) is 11.3 Å². The van der Waals surface area contributed by atoms with Gasteiger partial charge in [-0.1, -0.05) is 36.8 Å². The molecule has 0 heterocycles. The molecule has 1 aromatic carbocycles. The van der Waals surface area contributed by atoms with Gasteiger partial charge in [0.2, 0.25) is 0 Å². The molecule has 0 spiro atoms. The second-order valence-electron chi connectivity index (χ2n) is 5.04. The Morgan fingerprint density at radius 3 is 2.68 bits per heavy atom. The van der Waals surface area contributed by atoms with Crippen LogP contribution in [0.5, 0.6) is 0 Å². The smallest absolute Gasteiger partial charge is 0.150 e. The minimum atomic E-state index is 0. The van der Waals surface area contributed by atoms with Gasteiger partial charge in [0.15, 0.2) is 0 Å². The van der Waals surface area contributed by atoms with Gasteiger partial charge in [0.1, 0.15) is 5.78 Å². The molecule has 4 heteroatoms. The number of aliphatic hydroxyl groups is 1. The van der Waals surface area contributed by atoms with Crippen molar-refractivity contribution in [1.29, 1.82) is 0 Å². The molecule has 1 saturated carbocycles. The van der Waals surface area contributed by atoms with Crippen LogP contribution in [0.1, 0.15) is 24.8 Å². The molecule has 0 bridgehead atoms. The van der Waals surface area contributed by atoms with E-state index in [4.69, 9.17) is 0 Å². The van der Waals surface area contributed by atoms with Gasteiger partial charge in [-0.2, -0.15) is 0 Å². The Morgan fingerprint density at radius 2 is 2.00 bits per heavy atom. The predicted octanol–water partition coefficient (Wildman–Crippen LogP) is 0.929. The topological polar surface area (TPSA) is 80.8 Å². The average Bonchev–Trinajstić information content (AvgIpc) is 2.88. The summed E-state index contributed by atoms with van der Waals surface area (Å²) >= 11 is 0. The van der Waals surface area contributed by atoms with Gasteiger partial charge in [-0.25, -0.2) is 0 Å². The van der Waals surface area contributed by atoms with Gasteiger partial charge >= 0.3 is 0 Å². The predicted molar refractivity (Wildman–Crippen MR) is 74.7 cm³/mol. The fourth-order valence-corrected chi connectivity index (χ4v) is 2.74. The molecule has 1 aromatic rings. The Morgan fingerprint density at radius 1 is 1.26 bits per heavy atom. The number of rotatable bonds is 6. The van der Waals surface area contributed by atoms with Gasteiger partial charge in [-0.05, 0) is 24.3 Å². The SMILES string of the molecule is O.O=C(CNCc1ccccc1)C1CCC[C@H]1CO. The number of hydrogen-bond donors (Lipinski definition) is 2. The molecule has 1 aliphatic rings. The Labute approximate surface area is 114 Å². The summed E-state index contributed by atoms with van der Waals surface area (Å²) in [6.45, 7) is 1.29. The molecular weight excluding hydrogens is 242 g/mol. The molecule has 19 heavy (non-hydrogen) atoms. The number of benzene rings is 1. The molecule has 106 valence electrons. The molecule has 2 rings (SSSR count). The summed E-state index contributed by atoms with van der Waals surface area (Å²) in [5, 5.41) is 12.4. The van der Waals surface area contributed by atoms with Gasteiger partial charge in [0.05, 0.1) is 6.54 Å². The molecule has 1 aliphatic carbocycles. The van der Waals surface area contributed by atoms with Gasteiger partial charge in [-0.3, -0.25) is 4.79 Å². The van der Waals surface area contributed by atoms with Crippen molar-refractivity contribution in [2.75, 3.05) is 13.2 Å². The molecule has 1 fully saturated rings. The zero-order valence-electron chi connectivity index (χ0n) is 11.1. The molecule has 0 saturated heterocycles. The second-order valence-corrected chi connectivity index (χ2v) is 5.04. The lowest BCUT2D eigenvalue weighted by atomic mass is 9.92. The largest absolute Gasteiger partial charge is 0.412 e. The highest BCUT2D eigenvalue weighted by Crippen LogP contribution is 2.31. The maximum Gasteiger partial charge on any atom is 0.150 e. The van der Waals surface area contributed by atoms with Gasteiger partial charge in [0.25, 0.3) is 0 Å². The molecule has 2 atom stereocenters. The van der Waals surface area contributed by atoms with Crippen LogP contribution >= 0.6 is 0 Å². The van der Waals surface area contributed by atoms with E-state index in [-0.39, 0.29) is 29.7 Å². The number of hydrogen-bond acceptors (Lipinski definition) is 3. The summed E-state index contributed by atoms with van der Waals surface area (Å²) in [5.74, 6) is 0.511. The van der Waals surface area contributed by atoms with E-state index >= 15 is 0 Å². The van der Waals surface area contributed by atoms with Crippen LogP contribution in [0.25, 0.3) is 0 Å². The number of carbonyl (C=O) groups excluding carboxylic acids is 1. The van der Waals surface area contributed by atoms with Crippen LogP contribution in [0.15, 0.2) is 30.3 Å². The third-order valence-electron chi connectivity index (χ3n) is 3.78. The van der Waals surface area contributed by atoms with Crippen LogP contribution in [0.2, 0.25) is 0 Å². The summed E-state index contributed by atoms with van der Waals surface area (Å²) in [6.07, 6.45) is 3.00. The molecule has 0 amide bonds. The van der Waals surface area contributed by atoms with Crippen LogP contribution in [-0.4, -0.2) is 29.5 Å². The summed E-state index contributed by atoms with van der Waals surface area (Å²) in [5.41, 5.74) is 1.19. The van der Waals surface area contributed by atoms with Gasteiger partial charge < -0.3 is 15.9 Å². The summed E-state index contributed by atoms with van der Waals surface area (Å²) < 4.78 is 0. The molecule has 0 aromatic heterocycles. The summed E-state index contributed by atoms with van der Waals surface area (Å²) in [4.78, 5) is 12.0. The molecular formula is C15H23NO3. The Balaban J connectivity index is 0.00000180. The fraction of sp³-hybridized carbons (Fsp3) is 0.533. The van der Waals surface area contributed by atoms with Crippen LogP contribution in [0.4, 0.5) is 0 Å². The lowest BCUT2D eigenvalue weighted by molar-refractivity contribution is -0.123. The zero-order valence-corrected chi connectivity index (χ0v) is 11.1. The number of carbonyl (C=O) groups is 1. The van der Waals surface area contributed by atoms with Crippen LogP contribution < -0.4 is 5.32 Å². The molecule has 4 N–H and O–H groups in total. The van der Waals surface area contributed by atoms with E-state index in [1.165, 1.54) is 5.56 Å². The van der Waals surface area contributed by atoms with Crippen molar-refractivity contribution in [3.05, 3.63) is 35.9 Å². The third-order valence-corrected chi connectivity index (χ3v) is 3.78. The maximum absolute atomic E-state index is 12.0. The first-order valence-corrected chi connectivity index (χ1v) is 6.69. The van der Waals surface area contributed by atoms with E-state index < -0.39 is 0 Å². The second kappa shape index (κ2) is 8.04. The van der Waals surface area contributed by atoms with Crippen molar-refractivity contribution in [1.82, 2.24) is 5.32 Å². The first kappa shape index (κ1) is 15.8. The maximum atomic E-state index is 12.0. The minimum absolute atomic E-state index is 0. The van der Waals surface area contributed by atoms with Crippen molar-refractivity contribution in [3.8, 4) is 0 Å². The summed E-state index contributed by atoms with van der Waals surface area (Å²) in [7, 11) is 0. The number of ketones is 1. The van der Waals surface area contributed by atoms with E-state index in [1.54, 1.807) is 0 Å². The van der Waals surface area contributed by atoms with Gasteiger partial charge in [0, 0.05) is 19.1 Å². The highest BCUT2D eigenvalue weighted by molar-refractivity contribution is 5.83. The molecule has 0 aliphatic heterocycles. The van der Waals surface area contributed by atoms with Crippen molar-refractivity contribution < 1.29 is 15.4 Å². The molecule has 4 nitrogen and oxygen atoms in total. The van der Waals surface area contributed by atoms with E-state index in [0.29, 0.717) is 6.54 Å². The minimum Gasteiger partial charge on any atom is -0.412 e. The van der Waals surface area contributed by atoms with Crippen LogP contribution in [0, 0.1) is 11.8 Å². The Bertz CT molecular complexity index is 380. The van der Waals surface area contributed by atoms with Crippen molar-refractivity contribution in [3.63, 3.8) is 0 Å². The average molecular weight is 265 g/mol. The lowest BCUT2D eigenvalue weighted by Gasteiger charge is -2.16. The first-order chi connectivity index (χ1) is 8.81. The van der Waals surface area contributed by atoms with E-state index in [1.807, 2.05) is 30.3 Å². The number of Topliss-reactive ketones (excluding diaryl/α,β-unsaturated/α-hetero) is 1. The quantitative estimate of drug-likeness (QED) is 0.803. The standard InChI is InChI=1S/C15H21NO2.H2O/c17-11-13-7-4-8-14(13)15(18)10-16-9-12-5-2-1-3-6-12;/h1-3,5-6,13-14,16-17H,4,7-11H2;1H2/t13-,14?;/m0./s1. The highest BCUT2D eigenvalue weighted by Gasteiger charge is 2.31. The lowest BCUT2D eigenvalue weighted by Crippen LogP contribution is -2.31. The Hall–Kier alpha value is -1.23. The first-order valence-electron chi connectivity index (χ1n) is 6.69. The van der Waals surface area contributed by atoms with E-state index in [9.17, 15) is 9.90 Å². The summed E-state index contributed by atoms with van der Waals surface area (Å²) in [6, 6.07) is 10.1. The molecule has 0 radical (unpaired) electrons. The monoisotopic (exact) mass is 265 g/mol. The van der Waals surface area contributed by atoms with E-state index in [0.717, 1.165) is 25.8 Å². The van der Waals surface area contributed by atoms with Crippen LogP contribution in [0.3, 0.4) is 0 Å². The highest BCUT2D eigenvalue weighted by atomic mass is 16.3. The Kier molecular flexibility index (Phi) is 6.70. The van der Waals surface area contributed by atoms with E-state index in [2.05, 4.69) is 5.32 Å². The van der Waals surface area contributed by atoms with Crippen molar-refractivity contribution in [2.24, 2.45) is 11.8 Å². The molecule has 1 unspecified atom stereocenters. The van der Waals surface area contributed by atoms with Crippen molar-refractivity contribution >= 4 is 5.78 Å². The zero-order chi connectivity index (χ0) is 12.8. The number of nitrogens with one attached hydrogen (secondary N) is 1. The van der Waals surface area contributed by atoms with Gasteiger partial charge in [-0.15, -0.1) is 0 Å². The van der Waals surface area contributed by atoms with Crippen molar-refractivity contribution in [2.45, 2.75) is 25.8 Å². The normalized spacial score (nSPS) is 21.9.